The van der Waals surface area contributed by atoms with E-state index in [9.17, 15) is 8.42 Å². The molecule has 0 aliphatic carbocycles. The van der Waals surface area contributed by atoms with Gasteiger partial charge in [-0.15, -0.1) is 11.3 Å². The molecule has 2 heterocycles. The lowest BCUT2D eigenvalue weighted by molar-refractivity contribution is 0.260. The van der Waals surface area contributed by atoms with Crippen molar-refractivity contribution >= 4 is 21.4 Å². The molecule has 1 aliphatic heterocycles. The molecule has 0 bridgehead atoms. The van der Waals surface area contributed by atoms with Crippen molar-refractivity contribution in [3.05, 3.63) is 17.0 Å². The summed E-state index contributed by atoms with van der Waals surface area (Å²) in [6.07, 6.45) is 2.42. The molecule has 0 amide bonds. The zero-order valence-corrected chi connectivity index (χ0v) is 12.8. The Morgan fingerprint density at radius 3 is 2.68 bits per heavy atom. The van der Waals surface area contributed by atoms with Crippen LogP contribution in [0, 0.1) is 0 Å². The fourth-order valence-electron chi connectivity index (χ4n) is 2.23. The molecule has 1 aliphatic rings. The minimum atomic E-state index is -3.39. The molecule has 19 heavy (non-hydrogen) atoms. The molecule has 1 aromatic rings. The van der Waals surface area contributed by atoms with E-state index in [0.717, 1.165) is 18.0 Å². The van der Waals surface area contributed by atoms with Crippen LogP contribution in [0.4, 0.5) is 0 Å². The first-order valence-electron chi connectivity index (χ1n) is 6.55. The lowest BCUT2D eigenvalue weighted by Crippen LogP contribution is -2.40. The number of sulfonamides is 1. The molecule has 1 aromatic heterocycles. The van der Waals surface area contributed by atoms with Crippen LogP contribution in [0.25, 0.3) is 0 Å². The van der Waals surface area contributed by atoms with E-state index in [2.05, 4.69) is 16.5 Å². The number of rotatable bonds is 6. The van der Waals surface area contributed by atoms with Gasteiger partial charge in [0.15, 0.2) is 0 Å². The van der Waals surface area contributed by atoms with E-state index in [1.807, 2.05) is 0 Å². The molecule has 1 saturated heterocycles. The van der Waals surface area contributed by atoms with Crippen LogP contribution >= 0.6 is 11.3 Å². The minimum absolute atomic E-state index is 0.242. The molecular formula is C12H21N3O2S2. The van der Waals surface area contributed by atoms with E-state index >= 15 is 0 Å². The Kier molecular flexibility index (Phi) is 4.97. The van der Waals surface area contributed by atoms with Crippen LogP contribution in [0.3, 0.4) is 0 Å². The highest BCUT2D eigenvalue weighted by Crippen LogP contribution is 2.21. The largest absolute Gasteiger partial charge is 0.326 e. The van der Waals surface area contributed by atoms with Gasteiger partial charge in [-0.25, -0.2) is 13.1 Å². The van der Waals surface area contributed by atoms with Crippen molar-refractivity contribution in [2.75, 3.05) is 19.6 Å². The molecule has 0 spiro atoms. The maximum absolute atomic E-state index is 12.1. The second-order valence-corrected chi connectivity index (χ2v) is 8.03. The van der Waals surface area contributed by atoms with E-state index in [1.54, 1.807) is 12.1 Å². The second kappa shape index (κ2) is 6.32. The van der Waals surface area contributed by atoms with Crippen LogP contribution in [0.15, 0.2) is 16.3 Å². The first kappa shape index (κ1) is 14.9. The summed E-state index contributed by atoms with van der Waals surface area (Å²) in [5, 5.41) is 0. The molecule has 0 saturated carbocycles. The van der Waals surface area contributed by atoms with Gasteiger partial charge in [0.1, 0.15) is 4.21 Å². The van der Waals surface area contributed by atoms with Gasteiger partial charge in [0.25, 0.3) is 0 Å². The number of thiophene rings is 1. The number of nitrogens with one attached hydrogen (secondary N) is 1. The number of likely N-dealkylation sites (tertiary alicyclic amines) is 1. The van der Waals surface area contributed by atoms with Crippen LogP contribution in [0.5, 0.6) is 0 Å². The van der Waals surface area contributed by atoms with E-state index < -0.39 is 10.0 Å². The molecule has 0 radical (unpaired) electrons. The van der Waals surface area contributed by atoms with E-state index in [-0.39, 0.29) is 6.04 Å². The lowest BCUT2D eigenvalue weighted by Gasteiger charge is -2.23. The van der Waals surface area contributed by atoms with E-state index in [4.69, 9.17) is 5.73 Å². The first-order chi connectivity index (χ1) is 9.03. The van der Waals surface area contributed by atoms with Gasteiger partial charge in [-0.2, -0.15) is 0 Å². The Bertz CT molecular complexity index is 507. The van der Waals surface area contributed by atoms with E-state index in [0.29, 0.717) is 17.3 Å². The SMILES string of the molecule is CC(CNS(=O)(=O)c1ccc(CN)s1)N1CCCC1. The van der Waals surface area contributed by atoms with Crippen LogP contribution in [0.1, 0.15) is 24.6 Å². The molecule has 3 N–H and O–H groups in total. The summed E-state index contributed by atoms with van der Waals surface area (Å²) in [4.78, 5) is 3.20. The summed E-state index contributed by atoms with van der Waals surface area (Å²) in [5.41, 5.74) is 5.50. The highest BCUT2D eigenvalue weighted by Gasteiger charge is 2.21. The maximum atomic E-state index is 12.1. The number of hydrogen-bond donors (Lipinski definition) is 2. The number of nitrogens with two attached hydrogens (primary N) is 1. The maximum Gasteiger partial charge on any atom is 0.250 e. The van der Waals surface area contributed by atoms with Gasteiger partial charge in [-0.1, -0.05) is 0 Å². The van der Waals surface area contributed by atoms with Gasteiger partial charge in [0.05, 0.1) is 0 Å². The van der Waals surface area contributed by atoms with E-state index in [1.165, 1.54) is 24.2 Å². The van der Waals surface area contributed by atoms with Crippen LogP contribution in [-0.4, -0.2) is 39.0 Å². The molecule has 7 heteroatoms. The van der Waals surface area contributed by atoms with Crippen LogP contribution in [-0.2, 0) is 16.6 Å². The first-order valence-corrected chi connectivity index (χ1v) is 8.85. The summed E-state index contributed by atoms with van der Waals surface area (Å²) in [6, 6.07) is 3.63. The molecule has 5 nitrogen and oxygen atoms in total. The quantitative estimate of drug-likeness (QED) is 0.821. The van der Waals surface area contributed by atoms with Gasteiger partial charge in [0.2, 0.25) is 10.0 Å². The fraction of sp³-hybridized carbons (Fsp3) is 0.667. The highest BCUT2D eigenvalue weighted by atomic mass is 32.2. The summed E-state index contributed by atoms with van der Waals surface area (Å²) in [6.45, 7) is 5.04. The average Bonchev–Trinajstić information content (AvgIpc) is 3.06. The number of hydrogen-bond acceptors (Lipinski definition) is 5. The molecule has 1 atom stereocenters. The zero-order chi connectivity index (χ0) is 13.9. The third-order valence-corrected chi connectivity index (χ3v) is 6.46. The molecule has 108 valence electrons. The Morgan fingerprint density at radius 2 is 2.11 bits per heavy atom. The molecule has 1 unspecified atom stereocenters. The van der Waals surface area contributed by atoms with Crippen LogP contribution in [0.2, 0.25) is 0 Å². The van der Waals surface area contributed by atoms with Gasteiger partial charge in [0, 0.05) is 24.0 Å². The summed E-state index contributed by atoms with van der Waals surface area (Å²) < 4.78 is 27.3. The van der Waals surface area contributed by atoms with Crippen molar-refractivity contribution in [1.82, 2.24) is 9.62 Å². The van der Waals surface area contributed by atoms with Gasteiger partial charge >= 0.3 is 0 Å². The Morgan fingerprint density at radius 1 is 1.42 bits per heavy atom. The lowest BCUT2D eigenvalue weighted by atomic mass is 10.3. The summed E-state index contributed by atoms with van der Waals surface area (Å²) in [7, 11) is -3.39. The van der Waals surface area contributed by atoms with Crippen molar-refractivity contribution in [2.45, 2.75) is 36.6 Å². The third-order valence-electron chi connectivity index (χ3n) is 3.44. The van der Waals surface area contributed by atoms with Gasteiger partial charge in [-0.05, 0) is 45.0 Å². The zero-order valence-electron chi connectivity index (χ0n) is 11.1. The standard InChI is InChI=1S/C12H21N3O2S2/c1-10(15-6-2-3-7-15)9-14-19(16,17)12-5-4-11(8-13)18-12/h4-5,10,14H,2-3,6-9,13H2,1H3. The number of nitrogens with zero attached hydrogens (tertiary/aromatic N) is 1. The van der Waals surface area contributed by atoms with Crippen molar-refractivity contribution < 1.29 is 8.42 Å². The highest BCUT2D eigenvalue weighted by molar-refractivity contribution is 7.91. The Hall–Kier alpha value is -0.470. The predicted molar refractivity (Wildman–Crippen MR) is 77.7 cm³/mol. The smallest absolute Gasteiger partial charge is 0.250 e. The minimum Gasteiger partial charge on any atom is -0.326 e. The average molecular weight is 303 g/mol. The topological polar surface area (TPSA) is 75.4 Å². The second-order valence-electron chi connectivity index (χ2n) is 4.87. The Balaban J connectivity index is 1.93. The molecule has 1 fully saturated rings. The third kappa shape index (κ3) is 3.76. The van der Waals surface area contributed by atoms with Crippen molar-refractivity contribution in [3.63, 3.8) is 0 Å². The Labute approximate surface area is 118 Å². The fourth-order valence-corrected chi connectivity index (χ4v) is 4.63. The molecule has 2 rings (SSSR count). The van der Waals surface area contributed by atoms with Crippen molar-refractivity contribution in [1.29, 1.82) is 0 Å². The van der Waals surface area contributed by atoms with Crippen molar-refractivity contribution in [2.24, 2.45) is 5.73 Å². The van der Waals surface area contributed by atoms with Crippen LogP contribution < -0.4 is 10.5 Å². The summed E-state index contributed by atoms with van der Waals surface area (Å²) in [5.74, 6) is 0. The monoisotopic (exact) mass is 303 g/mol. The van der Waals surface area contributed by atoms with Gasteiger partial charge in [-0.3, -0.25) is 4.90 Å². The van der Waals surface area contributed by atoms with Gasteiger partial charge < -0.3 is 5.73 Å². The van der Waals surface area contributed by atoms with Crippen molar-refractivity contribution in [3.8, 4) is 0 Å². The summed E-state index contributed by atoms with van der Waals surface area (Å²) >= 11 is 1.23. The molecule has 0 aromatic carbocycles. The predicted octanol–water partition coefficient (Wildman–Crippen LogP) is 0.969. The molecular weight excluding hydrogens is 282 g/mol. The normalized spacial score (nSPS) is 18.8.